The first kappa shape index (κ1) is 10.9. The van der Waals surface area contributed by atoms with E-state index < -0.39 is 0 Å². The van der Waals surface area contributed by atoms with Gasteiger partial charge in [0.1, 0.15) is 5.82 Å². The van der Waals surface area contributed by atoms with Crippen molar-refractivity contribution in [2.24, 2.45) is 13.0 Å². The van der Waals surface area contributed by atoms with Crippen LogP contribution >= 0.6 is 11.6 Å². The van der Waals surface area contributed by atoms with Crippen LogP contribution in [0, 0.1) is 5.92 Å². The van der Waals surface area contributed by atoms with Crippen LogP contribution in [-0.4, -0.2) is 27.9 Å². The molecule has 15 heavy (non-hydrogen) atoms. The van der Waals surface area contributed by atoms with E-state index in [2.05, 4.69) is 15.4 Å². The van der Waals surface area contributed by atoms with Crippen molar-refractivity contribution < 1.29 is 0 Å². The van der Waals surface area contributed by atoms with E-state index in [9.17, 15) is 0 Å². The zero-order chi connectivity index (χ0) is 10.7. The molecule has 4 nitrogen and oxygen atoms in total. The van der Waals surface area contributed by atoms with E-state index in [1.54, 1.807) is 4.68 Å². The fourth-order valence-corrected chi connectivity index (χ4v) is 2.31. The number of hydrogen-bond acceptors (Lipinski definition) is 3. The molecule has 1 saturated heterocycles. The molecule has 5 heteroatoms. The molecule has 1 fully saturated rings. The van der Waals surface area contributed by atoms with Crippen molar-refractivity contribution in [2.75, 3.05) is 13.1 Å². The van der Waals surface area contributed by atoms with E-state index in [0.29, 0.717) is 5.28 Å². The lowest BCUT2D eigenvalue weighted by molar-refractivity contribution is 0.351. The lowest BCUT2D eigenvalue weighted by Crippen LogP contribution is -2.28. The number of hydrogen-bond donors (Lipinski definition) is 1. The molecule has 0 spiro atoms. The van der Waals surface area contributed by atoms with Gasteiger partial charge in [-0.2, -0.15) is 0 Å². The Morgan fingerprint density at radius 3 is 2.80 bits per heavy atom. The normalized spacial score (nSPS) is 18.3. The average molecular weight is 229 g/mol. The Hall–Kier alpha value is -0.610. The largest absolute Gasteiger partial charge is 0.317 e. The molecule has 1 aliphatic rings. The lowest BCUT2D eigenvalue weighted by atomic mass is 9.93. The Morgan fingerprint density at radius 1 is 1.47 bits per heavy atom. The lowest BCUT2D eigenvalue weighted by Gasteiger charge is -2.22. The van der Waals surface area contributed by atoms with Crippen molar-refractivity contribution in [3.05, 3.63) is 11.1 Å². The zero-order valence-electron chi connectivity index (χ0n) is 9.04. The highest BCUT2D eigenvalue weighted by atomic mass is 35.5. The van der Waals surface area contributed by atoms with E-state index >= 15 is 0 Å². The summed E-state index contributed by atoms with van der Waals surface area (Å²) >= 11 is 5.73. The molecule has 0 unspecified atom stereocenters. The molecule has 1 aromatic rings. The van der Waals surface area contributed by atoms with Gasteiger partial charge in [0.25, 0.3) is 0 Å². The Balaban J connectivity index is 1.84. The first-order valence-electron chi connectivity index (χ1n) is 5.52. The van der Waals surface area contributed by atoms with Crippen LogP contribution in [0.5, 0.6) is 0 Å². The Morgan fingerprint density at radius 2 is 2.20 bits per heavy atom. The molecule has 0 amide bonds. The predicted molar refractivity (Wildman–Crippen MR) is 59.9 cm³/mol. The minimum absolute atomic E-state index is 0.359. The van der Waals surface area contributed by atoms with Gasteiger partial charge in [-0.05, 0) is 49.9 Å². The summed E-state index contributed by atoms with van der Waals surface area (Å²) in [6.45, 7) is 2.31. The standard InChI is InChI=1S/C10H17ClN4/c1-15-9(13-10(11)14-15)3-2-8-4-6-12-7-5-8/h8,12H,2-7H2,1H3. The number of halogens is 1. The monoisotopic (exact) mass is 228 g/mol. The second-order valence-electron chi connectivity index (χ2n) is 4.15. The fraction of sp³-hybridized carbons (Fsp3) is 0.800. The van der Waals surface area contributed by atoms with Gasteiger partial charge in [-0.3, -0.25) is 4.68 Å². The van der Waals surface area contributed by atoms with Crippen LogP contribution in [0.2, 0.25) is 5.28 Å². The third-order valence-corrected chi connectivity index (χ3v) is 3.22. The van der Waals surface area contributed by atoms with Gasteiger partial charge in [-0.25, -0.2) is 4.98 Å². The molecule has 0 radical (unpaired) electrons. The molecule has 0 bridgehead atoms. The SMILES string of the molecule is Cn1nc(Cl)nc1CCC1CCNCC1. The van der Waals surface area contributed by atoms with E-state index in [4.69, 9.17) is 11.6 Å². The van der Waals surface area contributed by atoms with Crippen molar-refractivity contribution in [1.29, 1.82) is 0 Å². The van der Waals surface area contributed by atoms with Gasteiger partial charge in [0.2, 0.25) is 5.28 Å². The minimum Gasteiger partial charge on any atom is -0.317 e. The average Bonchev–Trinajstić information content (AvgIpc) is 2.56. The Kier molecular flexibility index (Phi) is 3.59. The third-order valence-electron chi connectivity index (χ3n) is 3.06. The summed E-state index contributed by atoms with van der Waals surface area (Å²) in [5.41, 5.74) is 0. The number of piperidine rings is 1. The van der Waals surface area contributed by atoms with Gasteiger partial charge >= 0.3 is 0 Å². The van der Waals surface area contributed by atoms with E-state index in [-0.39, 0.29) is 0 Å². The summed E-state index contributed by atoms with van der Waals surface area (Å²) in [7, 11) is 1.90. The molecular formula is C10H17ClN4. The highest BCUT2D eigenvalue weighted by Crippen LogP contribution is 2.18. The van der Waals surface area contributed by atoms with Crippen molar-refractivity contribution in [3.8, 4) is 0 Å². The number of rotatable bonds is 3. The summed E-state index contributed by atoms with van der Waals surface area (Å²) in [4.78, 5) is 4.20. The van der Waals surface area contributed by atoms with Crippen LogP contribution in [0.4, 0.5) is 0 Å². The minimum atomic E-state index is 0.359. The van der Waals surface area contributed by atoms with Crippen LogP contribution in [0.25, 0.3) is 0 Å². The number of nitrogens with zero attached hydrogens (tertiary/aromatic N) is 3. The predicted octanol–water partition coefficient (Wildman–Crippen LogP) is 1.40. The highest BCUT2D eigenvalue weighted by molar-refractivity contribution is 6.28. The summed E-state index contributed by atoms with van der Waals surface area (Å²) in [5.74, 6) is 1.83. The number of aromatic nitrogens is 3. The summed E-state index contributed by atoms with van der Waals surface area (Å²) in [5, 5.41) is 7.77. The second-order valence-corrected chi connectivity index (χ2v) is 4.49. The van der Waals surface area contributed by atoms with Crippen LogP contribution < -0.4 is 5.32 Å². The van der Waals surface area contributed by atoms with Crippen LogP contribution in [0.1, 0.15) is 25.1 Å². The molecule has 1 aromatic heterocycles. The summed E-state index contributed by atoms with van der Waals surface area (Å²) < 4.78 is 1.78. The quantitative estimate of drug-likeness (QED) is 0.851. The molecule has 1 aliphatic heterocycles. The molecule has 2 heterocycles. The molecule has 0 saturated carbocycles. The molecule has 84 valence electrons. The number of nitrogens with one attached hydrogen (secondary N) is 1. The van der Waals surface area contributed by atoms with Crippen LogP contribution in [0.15, 0.2) is 0 Å². The Labute approximate surface area is 95.0 Å². The molecule has 0 aromatic carbocycles. The van der Waals surface area contributed by atoms with Crippen molar-refractivity contribution >= 4 is 11.6 Å². The smallest absolute Gasteiger partial charge is 0.242 e. The van der Waals surface area contributed by atoms with Crippen LogP contribution in [0.3, 0.4) is 0 Å². The van der Waals surface area contributed by atoms with Gasteiger partial charge < -0.3 is 5.32 Å². The molecular weight excluding hydrogens is 212 g/mol. The van der Waals surface area contributed by atoms with Crippen molar-refractivity contribution in [3.63, 3.8) is 0 Å². The van der Waals surface area contributed by atoms with Crippen molar-refractivity contribution in [1.82, 2.24) is 20.1 Å². The summed E-state index contributed by atoms with van der Waals surface area (Å²) in [6, 6.07) is 0. The third kappa shape index (κ3) is 2.92. The van der Waals surface area contributed by atoms with Crippen LogP contribution in [-0.2, 0) is 13.5 Å². The van der Waals surface area contributed by atoms with E-state index in [1.165, 1.54) is 19.3 Å². The molecule has 1 N–H and O–H groups in total. The summed E-state index contributed by atoms with van der Waals surface area (Å²) in [6.07, 6.45) is 4.75. The maximum atomic E-state index is 5.73. The van der Waals surface area contributed by atoms with Gasteiger partial charge in [0.05, 0.1) is 0 Å². The molecule has 2 rings (SSSR count). The first-order valence-corrected chi connectivity index (χ1v) is 5.89. The van der Waals surface area contributed by atoms with Gasteiger partial charge in [0.15, 0.2) is 0 Å². The van der Waals surface area contributed by atoms with E-state index in [1.807, 2.05) is 7.05 Å². The topological polar surface area (TPSA) is 42.7 Å². The fourth-order valence-electron chi connectivity index (χ4n) is 2.10. The van der Waals surface area contributed by atoms with E-state index in [0.717, 1.165) is 31.3 Å². The van der Waals surface area contributed by atoms with Gasteiger partial charge in [-0.15, -0.1) is 5.10 Å². The van der Waals surface area contributed by atoms with Gasteiger partial charge in [-0.1, -0.05) is 0 Å². The Bertz CT molecular complexity index is 317. The van der Waals surface area contributed by atoms with Gasteiger partial charge in [0, 0.05) is 13.5 Å². The molecule has 0 atom stereocenters. The first-order chi connectivity index (χ1) is 7.25. The highest BCUT2D eigenvalue weighted by Gasteiger charge is 2.14. The van der Waals surface area contributed by atoms with Crippen molar-refractivity contribution in [2.45, 2.75) is 25.7 Å². The maximum absolute atomic E-state index is 5.73. The maximum Gasteiger partial charge on any atom is 0.242 e. The number of aryl methyl sites for hydroxylation is 2. The molecule has 0 aliphatic carbocycles. The second kappa shape index (κ2) is 4.94. The zero-order valence-corrected chi connectivity index (χ0v) is 9.80.